The molecule has 6 atom stereocenters. The summed E-state index contributed by atoms with van der Waals surface area (Å²) in [5.74, 6) is -9.08. The van der Waals surface area contributed by atoms with Gasteiger partial charge < -0.3 is 45.4 Å². The Balaban J connectivity index is 1.69. The van der Waals surface area contributed by atoms with Gasteiger partial charge in [-0.25, -0.2) is 13.6 Å². The lowest BCUT2D eigenvalue weighted by Gasteiger charge is -2.35. The van der Waals surface area contributed by atoms with Crippen LogP contribution in [0.2, 0.25) is 0 Å². The molecule has 0 unspecified atom stereocenters. The Labute approximate surface area is 346 Å². The number of likely N-dealkylation sites (N-methyl/N-ethyl adjacent to an activating group) is 1. The van der Waals surface area contributed by atoms with Crippen molar-refractivity contribution in [3.63, 3.8) is 0 Å². The van der Waals surface area contributed by atoms with Crippen molar-refractivity contribution in [3.8, 4) is 0 Å². The van der Waals surface area contributed by atoms with E-state index in [1.807, 2.05) is 6.92 Å². The molecule has 3 aliphatic rings. The average Bonchev–Trinajstić information content (AvgIpc) is 3.89. The van der Waals surface area contributed by atoms with Gasteiger partial charge in [-0.2, -0.15) is 0 Å². The highest BCUT2D eigenvalue weighted by atomic mass is 19.1. The van der Waals surface area contributed by atoms with E-state index in [2.05, 4.69) is 21.3 Å². The monoisotopic (exact) mass is 845 g/mol. The number of amides is 7. The summed E-state index contributed by atoms with van der Waals surface area (Å²) >= 11 is 0. The van der Waals surface area contributed by atoms with Gasteiger partial charge in [0.15, 0.2) is 0 Å². The molecule has 328 valence electrons. The molecular formula is C40H53F2N7O11. The van der Waals surface area contributed by atoms with Crippen LogP contribution in [0.1, 0.15) is 71.3 Å². The summed E-state index contributed by atoms with van der Waals surface area (Å²) in [5, 5.41) is 9.83. The number of allylic oxidation sites excluding steroid dienone is 1. The molecule has 0 saturated carbocycles. The molecule has 60 heavy (non-hydrogen) atoms. The lowest BCUT2D eigenvalue weighted by molar-refractivity contribution is -0.158. The predicted octanol–water partition coefficient (Wildman–Crippen LogP) is -0.227. The Morgan fingerprint density at radius 2 is 1.62 bits per heavy atom. The summed E-state index contributed by atoms with van der Waals surface area (Å²) in [6.45, 7) is 2.66. The second-order valence-electron chi connectivity index (χ2n) is 14.9. The van der Waals surface area contributed by atoms with E-state index >= 15 is 0 Å². The molecule has 3 fully saturated rings. The number of esters is 2. The average molecular weight is 846 g/mol. The molecule has 3 heterocycles. The van der Waals surface area contributed by atoms with Crippen molar-refractivity contribution in [2.75, 3.05) is 39.9 Å². The molecule has 4 rings (SSSR count). The minimum absolute atomic E-state index is 0.000805. The molecule has 3 aliphatic heterocycles. The second-order valence-corrected chi connectivity index (χ2v) is 14.9. The Morgan fingerprint density at radius 3 is 2.27 bits per heavy atom. The molecule has 1 aromatic rings. The molecule has 0 bridgehead atoms. The third-order valence-electron chi connectivity index (χ3n) is 10.4. The molecule has 0 aliphatic carbocycles. The second kappa shape index (κ2) is 21.9. The van der Waals surface area contributed by atoms with E-state index in [1.165, 1.54) is 31.9 Å². The van der Waals surface area contributed by atoms with E-state index in [0.717, 1.165) is 34.8 Å². The van der Waals surface area contributed by atoms with Gasteiger partial charge in [0.05, 0.1) is 0 Å². The maximum Gasteiger partial charge on any atom is 0.328 e. The highest BCUT2D eigenvalue weighted by Gasteiger charge is 2.44. The maximum atomic E-state index is 14.4. The summed E-state index contributed by atoms with van der Waals surface area (Å²) in [7, 11) is 1.25. The van der Waals surface area contributed by atoms with Gasteiger partial charge in [0, 0.05) is 39.5 Å². The smallest absolute Gasteiger partial charge is 0.328 e. The van der Waals surface area contributed by atoms with Crippen molar-refractivity contribution in [3.05, 3.63) is 47.5 Å². The number of unbranched alkanes of at least 4 members (excludes halogenated alkanes) is 2. The third kappa shape index (κ3) is 12.8. The number of nitrogens with zero attached hydrogens (tertiary/aromatic N) is 3. The first-order valence-corrected chi connectivity index (χ1v) is 20.0. The van der Waals surface area contributed by atoms with Gasteiger partial charge in [-0.05, 0) is 62.8 Å². The lowest BCUT2D eigenvalue weighted by Crippen LogP contribution is -2.61. The number of carbonyl (C=O) groups excluding carboxylic acids is 9. The van der Waals surface area contributed by atoms with Gasteiger partial charge in [0.1, 0.15) is 67.6 Å². The van der Waals surface area contributed by atoms with Crippen LogP contribution in [0.15, 0.2) is 30.4 Å². The van der Waals surface area contributed by atoms with Crippen LogP contribution < -0.4 is 21.3 Å². The van der Waals surface area contributed by atoms with Gasteiger partial charge in [-0.3, -0.25) is 38.4 Å². The summed E-state index contributed by atoms with van der Waals surface area (Å²) in [6, 6.07) is -5.67. The largest absolute Gasteiger partial charge is 0.462 e. The van der Waals surface area contributed by atoms with Crippen LogP contribution in [-0.2, 0) is 59.0 Å². The zero-order valence-corrected chi connectivity index (χ0v) is 34.1. The number of halogens is 2. The zero-order chi connectivity index (χ0) is 44.1. The first-order chi connectivity index (χ1) is 28.5. The molecule has 0 aromatic heterocycles. The molecule has 1 aromatic carbocycles. The van der Waals surface area contributed by atoms with Crippen LogP contribution in [0, 0.1) is 11.6 Å². The van der Waals surface area contributed by atoms with Crippen LogP contribution in [0.3, 0.4) is 0 Å². The minimum Gasteiger partial charge on any atom is -0.462 e. The third-order valence-corrected chi connectivity index (χ3v) is 10.4. The summed E-state index contributed by atoms with van der Waals surface area (Å²) in [6.07, 6.45) is 5.60. The van der Waals surface area contributed by atoms with Crippen molar-refractivity contribution in [1.82, 2.24) is 36.0 Å². The number of cyclic esters (lactones) is 1. The Kier molecular flexibility index (Phi) is 17.0. The summed E-state index contributed by atoms with van der Waals surface area (Å²) in [5.41, 5.74) is 0.00602. The number of hydrogen-bond acceptors (Lipinski definition) is 11. The molecule has 0 spiro atoms. The highest BCUT2D eigenvalue weighted by molar-refractivity contribution is 5.98. The number of carbonyl (C=O) groups is 9. The zero-order valence-electron chi connectivity index (χ0n) is 34.1. The van der Waals surface area contributed by atoms with Crippen molar-refractivity contribution in [2.45, 2.75) is 108 Å². The normalized spacial score (nSPS) is 23.4. The van der Waals surface area contributed by atoms with Crippen LogP contribution in [0.25, 0.3) is 0 Å². The lowest BCUT2D eigenvalue weighted by atomic mass is 10.0. The first kappa shape index (κ1) is 46.7. The van der Waals surface area contributed by atoms with E-state index in [-0.39, 0.29) is 31.5 Å². The van der Waals surface area contributed by atoms with Gasteiger partial charge in [0.2, 0.25) is 41.4 Å². The fraction of sp³-hybridized carbons (Fsp3) is 0.575. The van der Waals surface area contributed by atoms with Gasteiger partial charge in [-0.15, -0.1) is 0 Å². The minimum atomic E-state index is -1.67. The van der Waals surface area contributed by atoms with Crippen molar-refractivity contribution in [2.24, 2.45) is 0 Å². The molecule has 3 saturated heterocycles. The first-order valence-electron chi connectivity index (χ1n) is 20.0. The van der Waals surface area contributed by atoms with E-state index < -0.39 is 127 Å². The van der Waals surface area contributed by atoms with Crippen molar-refractivity contribution >= 4 is 53.3 Å². The van der Waals surface area contributed by atoms with Crippen LogP contribution in [-0.4, -0.2) is 144 Å². The highest BCUT2D eigenvalue weighted by Crippen LogP contribution is 2.24. The molecule has 4 N–H and O–H groups in total. The topological polar surface area (TPSA) is 230 Å². The number of fused-ring (bicyclic) bond motifs is 2. The predicted molar refractivity (Wildman–Crippen MR) is 207 cm³/mol. The number of hydrogen-bond donors (Lipinski definition) is 4. The number of nitrogens with one attached hydrogen (secondary N) is 4. The number of rotatable bonds is 13. The van der Waals surface area contributed by atoms with Crippen LogP contribution >= 0.6 is 0 Å². The number of benzene rings is 1. The van der Waals surface area contributed by atoms with Crippen molar-refractivity contribution < 1.29 is 61.4 Å². The van der Waals surface area contributed by atoms with Gasteiger partial charge in [0.25, 0.3) is 0 Å². The Hall–Kier alpha value is -5.95. The molecular weight excluding hydrogens is 792 g/mol. The van der Waals surface area contributed by atoms with E-state index in [4.69, 9.17) is 9.47 Å². The fourth-order valence-corrected chi connectivity index (χ4v) is 7.17. The van der Waals surface area contributed by atoms with Gasteiger partial charge >= 0.3 is 11.9 Å². The Bertz CT molecular complexity index is 1830. The molecule has 0 radical (unpaired) electrons. The molecule has 20 heteroatoms. The number of ether oxygens (including phenoxy) is 2. The van der Waals surface area contributed by atoms with E-state index in [1.54, 1.807) is 6.08 Å². The van der Waals surface area contributed by atoms with Gasteiger partial charge in [-0.1, -0.05) is 25.8 Å². The quantitative estimate of drug-likeness (QED) is 0.115. The standard InChI is InChI=1S/C40H53F2N7O11/c1-5-6-7-8-13-33(51)45-28(18-25-16-26(41)19-27(42)17-25)35(53)46-29-21-60-40(58)31-12-10-15-49(31)37(55)23(2)44-36(54)32(22-59-34(52)20-43-24(3)50)47(4)39(57)30-11-9-14-48(30)38(29)56/h8,13,16-17,19,23,28-32H,5-7,9-12,14-15,18,20-22H2,1-4H3,(H,43,50)(H,44,54)(H,45,51)(H,46,53)/b13-8+/t23-,28-,29-,30-,31-,32-/m0/s1. The fourth-order valence-electron chi connectivity index (χ4n) is 7.17. The molecule has 18 nitrogen and oxygen atoms in total. The maximum absolute atomic E-state index is 14.4. The van der Waals surface area contributed by atoms with Crippen molar-refractivity contribution in [1.29, 1.82) is 0 Å². The Morgan fingerprint density at radius 1 is 0.967 bits per heavy atom. The van der Waals surface area contributed by atoms with Crippen LogP contribution in [0.5, 0.6) is 0 Å². The molecule has 7 amide bonds. The van der Waals surface area contributed by atoms with E-state index in [0.29, 0.717) is 25.3 Å². The summed E-state index contributed by atoms with van der Waals surface area (Å²) < 4.78 is 39.2. The SMILES string of the molecule is CCCC/C=C/C(=O)N[C@@H](Cc1cc(F)cc(F)c1)C(=O)N[C@H]1COC(=O)[C@@H]2CCCN2C(=O)[C@H](C)NC(=O)[C@H](COC(=O)CNC(C)=O)N(C)C(=O)[C@@H]2CCCN2C1=O. The summed E-state index contributed by atoms with van der Waals surface area (Å²) in [4.78, 5) is 124. The van der Waals surface area contributed by atoms with Crippen LogP contribution in [0.4, 0.5) is 8.78 Å². The van der Waals surface area contributed by atoms with E-state index in [9.17, 15) is 51.9 Å².